The summed E-state index contributed by atoms with van der Waals surface area (Å²) in [5.74, 6) is 0.629. The van der Waals surface area contributed by atoms with E-state index < -0.39 is 0 Å². The topological polar surface area (TPSA) is 58.4 Å². The molecule has 2 aliphatic rings. The summed E-state index contributed by atoms with van der Waals surface area (Å²) >= 11 is 0. The van der Waals surface area contributed by atoms with Crippen LogP contribution in [0.15, 0.2) is 18.2 Å². The molecule has 23 heavy (non-hydrogen) atoms. The minimum absolute atomic E-state index is 0.242. The molecule has 0 aromatic heterocycles. The van der Waals surface area contributed by atoms with Gasteiger partial charge in [0.2, 0.25) is 0 Å². The van der Waals surface area contributed by atoms with Crippen molar-refractivity contribution >= 4 is 5.69 Å². The highest BCUT2D eigenvalue weighted by Crippen LogP contribution is 2.39. The van der Waals surface area contributed by atoms with Crippen molar-refractivity contribution in [2.75, 3.05) is 26.2 Å². The van der Waals surface area contributed by atoms with E-state index in [-0.39, 0.29) is 10.6 Å². The number of nitro benzene ring substituents is 1. The Hall–Kier alpha value is -1.46. The molecular formula is C18H27N3O2. The van der Waals surface area contributed by atoms with Crippen LogP contribution >= 0.6 is 0 Å². The quantitative estimate of drug-likeness (QED) is 0.683. The summed E-state index contributed by atoms with van der Waals surface area (Å²) in [7, 11) is 0. The van der Waals surface area contributed by atoms with Gasteiger partial charge in [0.05, 0.1) is 4.92 Å². The third kappa shape index (κ3) is 3.72. The number of benzene rings is 1. The molecule has 3 rings (SSSR count). The third-order valence-electron chi connectivity index (χ3n) is 5.41. The molecule has 1 saturated carbocycles. The van der Waals surface area contributed by atoms with Gasteiger partial charge in [-0.25, -0.2) is 0 Å². The van der Waals surface area contributed by atoms with Crippen LogP contribution in [0.25, 0.3) is 0 Å². The molecule has 0 spiro atoms. The lowest BCUT2D eigenvalue weighted by Gasteiger charge is -2.41. The van der Waals surface area contributed by atoms with Gasteiger partial charge in [-0.3, -0.25) is 15.0 Å². The zero-order valence-electron chi connectivity index (χ0n) is 14.0. The van der Waals surface area contributed by atoms with Crippen LogP contribution in [0, 0.1) is 23.0 Å². The third-order valence-corrected chi connectivity index (χ3v) is 5.41. The van der Waals surface area contributed by atoms with Crippen LogP contribution in [0.4, 0.5) is 5.69 Å². The van der Waals surface area contributed by atoms with E-state index in [1.54, 1.807) is 0 Å². The van der Waals surface area contributed by atoms with Crippen molar-refractivity contribution in [3.05, 3.63) is 39.4 Å². The van der Waals surface area contributed by atoms with Crippen LogP contribution < -0.4 is 5.32 Å². The highest BCUT2D eigenvalue weighted by molar-refractivity contribution is 5.43. The molecule has 1 aromatic rings. The summed E-state index contributed by atoms with van der Waals surface area (Å²) in [6, 6.07) is 6.20. The Morgan fingerprint density at radius 1 is 1.22 bits per heavy atom. The first-order valence-corrected chi connectivity index (χ1v) is 8.86. The van der Waals surface area contributed by atoms with E-state index in [4.69, 9.17) is 0 Å². The van der Waals surface area contributed by atoms with Gasteiger partial charge in [-0.05, 0) is 31.2 Å². The molecule has 0 bridgehead atoms. The molecule has 0 radical (unpaired) electrons. The Kier molecular flexibility index (Phi) is 5.28. The molecule has 1 atom stereocenters. The lowest BCUT2D eigenvalue weighted by molar-refractivity contribution is -0.385. The summed E-state index contributed by atoms with van der Waals surface area (Å²) < 4.78 is 0. The monoisotopic (exact) mass is 317 g/mol. The minimum Gasteiger partial charge on any atom is -0.314 e. The van der Waals surface area contributed by atoms with E-state index in [0.717, 1.165) is 37.3 Å². The van der Waals surface area contributed by atoms with Crippen molar-refractivity contribution in [2.45, 2.75) is 45.1 Å². The number of hydrogen-bond acceptors (Lipinski definition) is 4. The fourth-order valence-electron chi connectivity index (χ4n) is 4.20. The fourth-order valence-corrected chi connectivity index (χ4v) is 4.20. The molecule has 2 fully saturated rings. The Labute approximate surface area is 138 Å². The number of nitrogens with one attached hydrogen (secondary N) is 1. The lowest BCUT2D eigenvalue weighted by atomic mass is 9.80. The van der Waals surface area contributed by atoms with E-state index in [0.29, 0.717) is 12.0 Å². The second-order valence-electron chi connectivity index (χ2n) is 6.93. The second-order valence-corrected chi connectivity index (χ2v) is 6.93. The Balaban J connectivity index is 1.93. The number of rotatable bonds is 4. The van der Waals surface area contributed by atoms with Gasteiger partial charge in [0, 0.05) is 43.9 Å². The van der Waals surface area contributed by atoms with Crippen molar-refractivity contribution < 1.29 is 4.92 Å². The molecule has 1 aliphatic carbocycles. The standard InChI is InChI=1S/C18H27N3O2/c1-14-7-8-16(13-17(14)21(22)23)18(15-5-3-2-4-6-15)20-11-9-19-10-12-20/h7-8,13,15,18-19H,2-6,9-12H2,1H3/t18-/m1/s1. The molecule has 0 unspecified atom stereocenters. The van der Waals surface area contributed by atoms with Crippen LogP contribution in [0.3, 0.4) is 0 Å². The van der Waals surface area contributed by atoms with Gasteiger partial charge in [0.15, 0.2) is 0 Å². The summed E-state index contributed by atoms with van der Waals surface area (Å²) in [4.78, 5) is 13.6. The Bertz CT molecular complexity index is 531. The predicted octanol–water partition coefficient (Wildman–Crippen LogP) is 3.43. The molecule has 1 aliphatic heterocycles. The molecule has 0 amide bonds. The Morgan fingerprint density at radius 3 is 2.57 bits per heavy atom. The van der Waals surface area contributed by atoms with Crippen LogP contribution in [0.2, 0.25) is 0 Å². The maximum atomic E-state index is 11.3. The largest absolute Gasteiger partial charge is 0.314 e. The molecule has 1 aromatic carbocycles. The van der Waals surface area contributed by atoms with Crippen LogP contribution in [-0.2, 0) is 0 Å². The van der Waals surface area contributed by atoms with Crippen LogP contribution in [0.5, 0.6) is 0 Å². The highest BCUT2D eigenvalue weighted by Gasteiger charge is 2.31. The first kappa shape index (κ1) is 16.4. The SMILES string of the molecule is Cc1ccc([C@@H](C2CCCCC2)N2CCNCC2)cc1[N+](=O)[O-]. The van der Waals surface area contributed by atoms with Gasteiger partial charge in [-0.1, -0.05) is 31.4 Å². The molecular weight excluding hydrogens is 290 g/mol. The maximum absolute atomic E-state index is 11.3. The van der Waals surface area contributed by atoms with Gasteiger partial charge < -0.3 is 5.32 Å². The molecule has 1 saturated heterocycles. The van der Waals surface area contributed by atoms with Gasteiger partial charge >= 0.3 is 0 Å². The number of nitrogens with zero attached hydrogens (tertiary/aromatic N) is 2. The van der Waals surface area contributed by atoms with E-state index in [1.165, 1.54) is 32.1 Å². The summed E-state index contributed by atoms with van der Waals surface area (Å²) in [5, 5.41) is 14.7. The maximum Gasteiger partial charge on any atom is 0.272 e. The first-order valence-electron chi connectivity index (χ1n) is 8.86. The van der Waals surface area contributed by atoms with Crippen molar-refractivity contribution in [2.24, 2.45) is 5.92 Å². The van der Waals surface area contributed by atoms with Crippen LogP contribution in [0.1, 0.15) is 49.3 Å². The van der Waals surface area contributed by atoms with E-state index in [9.17, 15) is 10.1 Å². The number of hydrogen-bond donors (Lipinski definition) is 1. The first-order chi connectivity index (χ1) is 11.2. The zero-order chi connectivity index (χ0) is 16.2. The average Bonchev–Trinajstić information content (AvgIpc) is 2.58. The fraction of sp³-hybridized carbons (Fsp3) is 0.667. The second kappa shape index (κ2) is 7.41. The highest BCUT2D eigenvalue weighted by atomic mass is 16.6. The smallest absolute Gasteiger partial charge is 0.272 e. The summed E-state index contributed by atoms with van der Waals surface area (Å²) in [5.41, 5.74) is 2.15. The summed E-state index contributed by atoms with van der Waals surface area (Å²) in [6.07, 6.45) is 6.41. The lowest BCUT2D eigenvalue weighted by Crippen LogP contribution is -2.47. The molecule has 126 valence electrons. The van der Waals surface area contributed by atoms with Crippen molar-refractivity contribution in [1.82, 2.24) is 10.2 Å². The zero-order valence-corrected chi connectivity index (χ0v) is 14.0. The molecule has 5 heteroatoms. The van der Waals surface area contributed by atoms with Crippen molar-refractivity contribution in [3.8, 4) is 0 Å². The summed E-state index contributed by atoms with van der Waals surface area (Å²) in [6.45, 7) is 5.91. The van der Waals surface area contributed by atoms with E-state index in [1.807, 2.05) is 19.1 Å². The van der Waals surface area contributed by atoms with Gasteiger partial charge in [0.25, 0.3) is 5.69 Å². The molecule has 1 heterocycles. The van der Waals surface area contributed by atoms with Gasteiger partial charge in [-0.15, -0.1) is 0 Å². The number of aryl methyl sites for hydroxylation is 1. The Morgan fingerprint density at radius 2 is 1.91 bits per heavy atom. The van der Waals surface area contributed by atoms with Crippen LogP contribution in [-0.4, -0.2) is 36.0 Å². The van der Waals surface area contributed by atoms with Gasteiger partial charge in [-0.2, -0.15) is 0 Å². The normalized spacial score (nSPS) is 22.0. The predicted molar refractivity (Wildman–Crippen MR) is 91.6 cm³/mol. The van der Waals surface area contributed by atoms with Crippen molar-refractivity contribution in [3.63, 3.8) is 0 Å². The number of piperazine rings is 1. The molecule has 1 N–H and O–H groups in total. The van der Waals surface area contributed by atoms with Crippen molar-refractivity contribution in [1.29, 1.82) is 0 Å². The molecule has 5 nitrogen and oxygen atoms in total. The minimum atomic E-state index is -0.242. The number of nitro groups is 1. The van der Waals surface area contributed by atoms with E-state index in [2.05, 4.69) is 16.3 Å². The van der Waals surface area contributed by atoms with E-state index >= 15 is 0 Å². The average molecular weight is 317 g/mol. The van der Waals surface area contributed by atoms with Gasteiger partial charge in [0.1, 0.15) is 0 Å².